The van der Waals surface area contributed by atoms with E-state index in [1.54, 1.807) is 0 Å². The van der Waals surface area contributed by atoms with Gasteiger partial charge in [0.05, 0.1) is 12.7 Å². The van der Waals surface area contributed by atoms with Crippen LogP contribution >= 0.6 is 0 Å². The van der Waals surface area contributed by atoms with E-state index in [1.807, 2.05) is 6.92 Å². The van der Waals surface area contributed by atoms with Crippen LogP contribution in [0.4, 0.5) is 0 Å². The highest BCUT2D eigenvalue weighted by Gasteiger charge is 2.15. The molecule has 0 spiro atoms. The average molecular weight is 258 g/mol. The predicted molar refractivity (Wildman–Crippen MR) is 74.8 cm³/mol. The Balaban J connectivity index is 1.91. The van der Waals surface area contributed by atoms with Crippen LogP contribution in [-0.2, 0) is 4.74 Å². The summed E-state index contributed by atoms with van der Waals surface area (Å²) in [6, 6.07) is 0. The average Bonchev–Trinajstić information content (AvgIpc) is 2.36. The molecule has 4 heteroatoms. The smallest absolute Gasteiger partial charge is 0.0897 e. The molecule has 0 aromatic carbocycles. The summed E-state index contributed by atoms with van der Waals surface area (Å²) in [6.45, 7) is 10.7. The Bertz CT molecular complexity index is 202. The first-order valence-corrected chi connectivity index (χ1v) is 7.41. The van der Waals surface area contributed by atoms with Crippen molar-refractivity contribution in [1.82, 2.24) is 10.2 Å². The maximum absolute atomic E-state index is 9.57. The van der Waals surface area contributed by atoms with Crippen LogP contribution in [0.2, 0.25) is 0 Å². The first kappa shape index (κ1) is 15.9. The van der Waals surface area contributed by atoms with Crippen LogP contribution in [0.1, 0.15) is 33.1 Å². The Hall–Kier alpha value is -0.160. The molecule has 0 aromatic rings. The molecule has 18 heavy (non-hydrogen) atoms. The van der Waals surface area contributed by atoms with Gasteiger partial charge in [-0.25, -0.2) is 0 Å². The lowest BCUT2D eigenvalue weighted by atomic mass is 10.0. The number of rotatable bonds is 9. The first-order valence-electron chi connectivity index (χ1n) is 7.41. The molecule has 1 aliphatic heterocycles. The van der Waals surface area contributed by atoms with Gasteiger partial charge in [-0.15, -0.1) is 0 Å². The Labute approximate surface area is 112 Å². The highest BCUT2D eigenvalue weighted by molar-refractivity contribution is 4.69. The van der Waals surface area contributed by atoms with Crippen LogP contribution in [0.15, 0.2) is 0 Å². The lowest BCUT2D eigenvalue weighted by molar-refractivity contribution is 0.0322. The molecule has 0 saturated carbocycles. The molecule has 0 radical (unpaired) electrons. The predicted octanol–water partition coefficient (Wildman–Crippen LogP) is 1.10. The maximum Gasteiger partial charge on any atom is 0.0897 e. The molecule has 1 rings (SSSR count). The fourth-order valence-corrected chi connectivity index (χ4v) is 2.47. The van der Waals surface area contributed by atoms with Crippen LogP contribution in [0.25, 0.3) is 0 Å². The number of hydrogen-bond acceptors (Lipinski definition) is 4. The molecule has 4 nitrogen and oxygen atoms in total. The minimum atomic E-state index is -0.375. The molecule has 2 N–H and O–H groups in total. The van der Waals surface area contributed by atoms with E-state index >= 15 is 0 Å². The number of aliphatic hydroxyl groups excluding tert-OH is 1. The van der Waals surface area contributed by atoms with Crippen molar-refractivity contribution >= 4 is 0 Å². The molecule has 2 atom stereocenters. The van der Waals surface area contributed by atoms with Gasteiger partial charge in [0.25, 0.3) is 0 Å². The van der Waals surface area contributed by atoms with Crippen LogP contribution in [0.5, 0.6) is 0 Å². The summed E-state index contributed by atoms with van der Waals surface area (Å²) < 4.78 is 5.49. The van der Waals surface area contributed by atoms with Gasteiger partial charge in [0.15, 0.2) is 0 Å². The van der Waals surface area contributed by atoms with Gasteiger partial charge in [-0.1, -0.05) is 13.8 Å². The zero-order valence-electron chi connectivity index (χ0n) is 12.0. The summed E-state index contributed by atoms with van der Waals surface area (Å²) >= 11 is 0. The van der Waals surface area contributed by atoms with E-state index in [0.29, 0.717) is 13.2 Å². The largest absolute Gasteiger partial charge is 0.389 e. The van der Waals surface area contributed by atoms with Crippen molar-refractivity contribution in [2.45, 2.75) is 39.2 Å². The van der Waals surface area contributed by atoms with Gasteiger partial charge in [0, 0.05) is 26.2 Å². The number of likely N-dealkylation sites (tertiary alicyclic amines) is 1. The van der Waals surface area contributed by atoms with Crippen molar-refractivity contribution in [1.29, 1.82) is 0 Å². The maximum atomic E-state index is 9.57. The quantitative estimate of drug-likeness (QED) is 0.608. The Kier molecular flexibility index (Phi) is 8.59. The second-order valence-corrected chi connectivity index (χ2v) is 5.44. The number of hydrogen-bond donors (Lipinski definition) is 2. The SMILES string of the molecule is CCNC[C@H](O)COCCCN1CCC[C@H](C)C1. The van der Waals surface area contributed by atoms with Gasteiger partial charge in [-0.05, 0) is 38.3 Å². The Morgan fingerprint density at radius 3 is 3.06 bits per heavy atom. The number of nitrogens with zero attached hydrogens (tertiary/aromatic N) is 1. The number of ether oxygens (including phenoxy) is 1. The van der Waals surface area contributed by atoms with E-state index in [0.717, 1.165) is 32.0 Å². The van der Waals surface area contributed by atoms with Crippen molar-refractivity contribution in [2.24, 2.45) is 5.92 Å². The third kappa shape index (κ3) is 7.31. The minimum absolute atomic E-state index is 0.375. The van der Waals surface area contributed by atoms with Crippen molar-refractivity contribution < 1.29 is 9.84 Å². The zero-order chi connectivity index (χ0) is 13.2. The van der Waals surface area contributed by atoms with Crippen LogP contribution in [0.3, 0.4) is 0 Å². The number of aliphatic hydroxyl groups is 1. The molecule has 0 unspecified atom stereocenters. The van der Waals surface area contributed by atoms with Crippen LogP contribution < -0.4 is 5.32 Å². The van der Waals surface area contributed by atoms with E-state index < -0.39 is 0 Å². The monoisotopic (exact) mass is 258 g/mol. The molecule has 1 saturated heterocycles. The normalized spacial score (nSPS) is 23.2. The lowest BCUT2D eigenvalue weighted by Gasteiger charge is -2.30. The van der Waals surface area contributed by atoms with Crippen molar-refractivity contribution in [3.63, 3.8) is 0 Å². The summed E-state index contributed by atoms with van der Waals surface area (Å²) in [7, 11) is 0. The second-order valence-electron chi connectivity index (χ2n) is 5.44. The highest BCUT2D eigenvalue weighted by Crippen LogP contribution is 2.15. The molecule has 0 aliphatic carbocycles. The fraction of sp³-hybridized carbons (Fsp3) is 1.00. The summed E-state index contributed by atoms with van der Waals surface area (Å²) in [5.74, 6) is 0.849. The third-order valence-corrected chi connectivity index (χ3v) is 3.44. The van der Waals surface area contributed by atoms with Gasteiger partial charge in [-0.3, -0.25) is 0 Å². The highest BCUT2D eigenvalue weighted by atomic mass is 16.5. The summed E-state index contributed by atoms with van der Waals surface area (Å²) in [6.07, 6.45) is 3.41. The lowest BCUT2D eigenvalue weighted by Crippen LogP contribution is -2.35. The van der Waals surface area contributed by atoms with Gasteiger partial charge >= 0.3 is 0 Å². The second kappa shape index (κ2) is 9.73. The van der Waals surface area contributed by atoms with E-state index in [4.69, 9.17) is 4.74 Å². The van der Waals surface area contributed by atoms with Crippen molar-refractivity contribution in [3.05, 3.63) is 0 Å². The molecule has 108 valence electrons. The molecule has 0 amide bonds. The first-order chi connectivity index (χ1) is 8.72. The fourth-order valence-electron chi connectivity index (χ4n) is 2.47. The minimum Gasteiger partial charge on any atom is -0.389 e. The number of likely N-dealkylation sites (N-methyl/N-ethyl adjacent to an activating group) is 1. The van der Waals surface area contributed by atoms with Gasteiger partial charge in [0.1, 0.15) is 0 Å². The van der Waals surface area contributed by atoms with Gasteiger partial charge in [-0.2, -0.15) is 0 Å². The Morgan fingerprint density at radius 2 is 2.33 bits per heavy atom. The third-order valence-electron chi connectivity index (χ3n) is 3.44. The summed E-state index contributed by atoms with van der Waals surface area (Å²) in [4.78, 5) is 2.53. The van der Waals surface area contributed by atoms with E-state index in [-0.39, 0.29) is 6.10 Å². The Morgan fingerprint density at radius 1 is 1.50 bits per heavy atom. The van der Waals surface area contributed by atoms with Crippen LogP contribution in [0, 0.1) is 5.92 Å². The topological polar surface area (TPSA) is 44.7 Å². The number of nitrogens with one attached hydrogen (secondary N) is 1. The van der Waals surface area contributed by atoms with Gasteiger partial charge in [0.2, 0.25) is 0 Å². The standard InChI is InChI=1S/C14H30N2O2/c1-3-15-10-14(17)12-18-9-5-8-16-7-4-6-13(2)11-16/h13-15,17H,3-12H2,1-2H3/t13-,14-/m0/s1. The van der Waals surface area contributed by atoms with Crippen molar-refractivity contribution in [3.8, 4) is 0 Å². The van der Waals surface area contributed by atoms with E-state index in [2.05, 4.69) is 17.1 Å². The summed E-state index contributed by atoms with van der Waals surface area (Å²) in [5, 5.41) is 12.7. The molecule has 1 heterocycles. The molecule has 0 aromatic heterocycles. The number of piperidine rings is 1. The van der Waals surface area contributed by atoms with E-state index in [9.17, 15) is 5.11 Å². The molecular formula is C14H30N2O2. The van der Waals surface area contributed by atoms with Gasteiger partial charge < -0.3 is 20.1 Å². The molecular weight excluding hydrogens is 228 g/mol. The molecule has 0 bridgehead atoms. The molecule has 1 fully saturated rings. The van der Waals surface area contributed by atoms with Crippen LogP contribution in [-0.4, -0.2) is 62.0 Å². The molecule has 1 aliphatic rings. The summed E-state index contributed by atoms with van der Waals surface area (Å²) in [5.41, 5.74) is 0. The zero-order valence-corrected chi connectivity index (χ0v) is 12.0. The van der Waals surface area contributed by atoms with Crippen molar-refractivity contribution in [2.75, 3.05) is 45.9 Å². The van der Waals surface area contributed by atoms with E-state index in [1.165, 1.54) is 25.9 Å².